The monoisotopic (exact) mass is 484 g/mol. The van der Waals surface area contributed by atoms with Crippen LogP contribution in [0.5, 0.6) is 0 Å². The third kappa shape index (κ3) is 6.45. The first-order valence-corrected chi connectivity index (χ1v) is 12.8. The molecule has 1 saturated heterocycles. The highest BCUT2D eigenvalue weighted by Gasteiger charge is 2.37. The van der Waals surface area contributed by atoms with Gasteiger partial charge >= 0.3 is 0 Å². The minimum atomic E-state index is -0.150. The zero-order valence-corrected chi connectivity index (χ0v) is 21.5. The van der Waals surface area contributed by atoms with Crippen LogP contribution in [0.3, 0.4) is 0 Å². The molecule has 0 spiro atoms. The molecule has 0 aliphatic carbocycles. The minimum Gasteiger partial charge on any atom is -0.412 e. The summed E-state index contributed by atoms with van der Waals surface area (Å²) in [5.41, 5.74) is 8.08. The maximum atomic E-state index is 12.7. The van der Waals surface area contributed by atoms with E-state index in [4.69, 9.17) is 4.84 Å². The van der Waals surface area contributed by atoms with E-state index in [0.717, 1.165) is 36.4 Å². The number of aryl methyl sites for hydroxylation is 1. The zero-order chi connectivity index (χ0) is 24.7. The fraction of sp³-hybridized carbons (Fsp3) is 0.500. The SMILES string of the molecule is CC1C=C(C(C(=O)N2CCCC2C)C(C)C)ON1.Cc1ncsc1-c1ccc(CNC=O)cc1. The average Bonchev–Trinajstić information content (AvgIpc) is 3.54. The van der Waals surface area contributed by atoms with Crippen molar-refractivity contribution in [3.05, 3.63) is 52.9 Å². The zero-order valence-electron chi connectivity index (χ0n) is 20.7. The molecule has 34 heavy (non-hydrogen) atoms. The van der Waals surface area contributed by atoms with Gasteiger partial charge in [0.25, 0.3) is 0 Å². The first kappa shape index (κ1) is 25.9. The van der Waals surface area contributed by atoms with E-state index in [0.29, 0.717) is 19.0 Å². The number of benzene rings is 1. The number of hydroxylamine groups is 1. The molecule has 7 nitrogen and oxygen atoms in total. The number of thiazole rings is 1. The van der Waals surface area contributed by atoms with Gasteiger partial charge in [-0.05, 0) is 56.7 Å². The van der Waals surface area contributed by atoms with Crippen molar-refractivity contribution in [2.24, 2.45) is 11.8 Å². The van der Waals surface area contributed by atoms with Crippen LogP contribution in [0.15, 0.2) is 41.6 Å². The summed E-state index contributed by atoms with van der Waals surface area (Å²) in [7, 11) is 0. The third-order valence-electron chi connectivity index (χ3n) is 6.20. The van der Waals surface area contributed by atoms with Crippen LogP contribution >= 0.6 is 11.3 Å². The van der Waals surface area contributed by atoms with Gasteiger partial charge in [-0.2, -0.15) is 5.48 Å². The van der Waals surface area contributed by atoms with Gasteiger partial charge < -0.3 is 15.1 Å². The van der Waals surface area contributed by atoms with Gasteiger partial charge in [0.1, 0.15) is 11.7 Å². The number of hydrogen-bond donors (Lipinski definition) is 2. The van der Waals surface area contributed by atoms with Crippen molar-refractivity contribution in [2.45, 2.75) is 66.1 Å². The number of carbonyl (C=O) groups excluding carboxylic acids is 2. The Morgan fingerprint density at radius 3 is 2.56 bits per heavy atom. The molecule has 0 saturated carbocycles. The Kier molecular flexibility index (Phi) is 9.24. The summed E-state index contributed by atoms with van der Waals surface area (Å²) in [6, 6.07) is 8.71. The Hall–Kier alpha value is -2.71. The van der Waals surface area contributed by atoms with E-state index in [-0.39, 0.29) is 23.8 Å². The summed E-state index contributed by atoms with van der Waals surface area (Å²) in [4.78, 5) is 35.7. The molecule has 1 fully saturated rings. The molecule has 2 aromatic rings. The van der Waals surface area contributed by atoms with Gasteiger partial charge in [0.05, 0.1) is 22.1 Å². The number of nitrogens with zero attached hydrogens (tertiary/aromatic N) is 2. The fourth-order valence-corrected chi connectivity index (χ4v) is 5.14. The van der Waals surface area contributed by atoms with Crippen LogP contribution in [0, 0.1) is 18.8 Å². The van der Waals surface area contributed by atoms with Crippen molar-refractivity contribution in [3.8, 4) is 10.4 Å². The molecule has 3 atom stereocenters. The number of nitrogens with one attached hydrogen (secondary N) is 2. The van der Waals surface area contributed by atoms with Crippen LogP contribution in [0.1, 0.15) is 51.8 Å². The fourth-order valence-electron chi connectivity index (χ4n) is 4.33. The summed E-state index contributed by atoms with van der Waals surface area (Å²) in [5.74, 6) is 1.12. The Morgan fingerprint density at radius 2 is 2.06 bits per heavy atom. The van der Waals surface area contributed by atoms with E-state index >= 15 is 0 Å². The summed E-state index contributed by atoms with van der Waals surface area (Å²) in [6.45, 7) is 11.8. The average molecular weight is 485 g/mol. The van der Waals surface area contributed by atoms with Crippen molar-refractivity contribution >= 4 is 23.7 Å². The number of hydrogen-bond acceptors (Lipinski definition) is 6. The lowest BCUT2D eigenvalue weighted by atomic mass is 9.91. The van der Waals surface area contributed by atoms with Gasteiger partial charge in [0.2, 0.25) is 12.3 Å². The molecule has 0 radical (unpaired) electrons. The quantitative estimate of drug-likeness (QED) is 0.568. The Bertz CT molecular complexity index is 986. The van der Waals surface area contributed by atoms with Gasteiger partial charge in [0, 0.05) is 19.1 Å². The largest absolute Gasteiger partial charge is 0.412 e. The number of amides is 2. The van der Waals surface area contributed by atoms with E-state index in [1.165, 1.54) is 10.4 Å². The molecule has 3 heterocycles. The van der Waals surface area contributed by atoms with Gasteiger partial charge in [-0.15, -0.1) is 11.3 Å². The van der Waals surface area contributed by atoms with Crippen LogP contribution in [0.2, 0.25) is 0 Å². The summed E-state index contributed by atoms with van der Waals surface area (Å²) in [5, 5.41) is 2.64. The number of likely N-dealkylation sites (tertiary alicyclic amines) is 1. The molecule has 2 aliphatic heterocycles. The summed E-state index contributed by atoms with van der Waals surface area (Å²) in [6.07, 6.45) is 4.96. The molecule has 2 amide bonds. The van der Waals surface area contributed by atoms with Gasteiger partial charge in [-0.1, -0.05) is 38.1 Å². The maximum absolute atomic E-state index is 12.7. The molecule has 1 aromatic carbocycles. The van der Waals surface area contributed by atoms with Gasteiger partial charge in [0.15, 0.2) is 0 Å². The second-order valence-electron chi connectivity index (χ2n) is 9.28. The van der Waals surface area contributed by atoms with Crippen molar-refractivity contribution < 1.29 is 14.4 Å². The van der Waals surface area contributed by atoms with Crippen LogP contribution in [-0.4, -0.2) is 40.8 Å². The predicted octanol–water partition coefficient (Wildman–Crippen LogP) is 4.44. The van der Waals surface area contributed by atoms with E-state index < -0.39 is 0 Å². The lowest BCUT2D eigenvalue weighted by Gasteiger charge is -2.29. The molecular weight excluding hydrogens is 448 g/mol. The smallest absolute Gasteiger partial charge is 0.233 e. The Labute approximate surface area is 206 Å². The lowest BCUT2D eigenvalue weighted by molar-refractivity contribution is -0.137. The van der Waals surface area contributed by atoms with E-state index in [1.54, 1.807) is 11.3 Å². The lowest BCUT2D eigenvalue weighted by Crippen LogP contribution is -2.41. The predicted molar refractivity (Wildman–Crippen MR) is 136 cm³/mol. The van der Waals surface area contributed by atoms with Crippen LogP contribution in [-0.2, 0) is 21.0 Å². The second kappa shape index (κ2) is 12.1. The molecule has 0 bridgehead atoms. The first-order chi connectivity index (χ1) is 16.3. The van der Waals surface area contributed by atoms with Crippen molar-refractivity contribution in [2.75, 3.05) is 6.54 Å². The van der Waals surface area contributed by atoms with Gasteiger partial charge in [-0.25, -0.2) is 4.98 Å². The normalized spacial score (nSPS) is 20.3. The molecule has 4 rings (SSSR count). The van der Waals surface area contributed by atoms with E-state index in [9.17, 15) is 9.59 Å². The Morgan fingerprint density at radius 1 is 1.32 bits per heavy atom. The Balaban J connectivity index is 0.000000192. The van der Waals surface area contributed by atoms with Crippen LogP contribution in [0.25, 0.3) is 10.4 Å². The summed E-state index contributed by atoms with van der Waals surface area (Å²) >= 11 is 1.64. The highest BCUT2D eigenvalue weighted by atomic mass is 32.1. The molecule has 3 unspecified atom stereocenters. The minimum absolute atomic E-state index is 0.150. The molecule has 2 N–H and O–H groups in total. The van der Waals surface area contributed by atoms with Crippen LogP contribution < -0.4 is 10.8 Å². The number of carbonyl (C=O) groups is 2. The second-order valence-corrected chi connectivity index (χ2v) is 10.1. The third-order valence-corrected chi connectivity index (χ3v) is 7.18. The van der Waals surface area contributed by atoms with Crippen molar-refractivity contribution in [1.82, 2.24) is 20.7 Å². The van der Waals surface area contributed by atoms with Crippen molar-refractivity contribution in [3.63, 3.8) is 0 Å². The molecule has 1 aromatic heterocycles. The summed E-state index contributed by atoms with van der Waals surface area (Å²) < 4.78 is 0. The molecule has 2 aliphatic rings. The molecular formula is C26H36N4O3S. The molecule has 8 heteroatoms. The standard InChI is InChI=1S/C14H24N2O2.C12H12N2OS/c1-9(2)13(12-8-10(3)15-18-12)14(17)16-7-5-6-11(16)4;1-9-12(16-8-14-9)11-4-2-10(3-5-11)6-13-7-15/h8-11,13,15H,5-7H2,1-4H3;2-5,7-8H,6H2,1H3,(H,13,15). The maximum Gasteiger partial charge on any atom is 0.233 e. The highest BCUT2D eigenvalue weighted by molar-refractivity contribution is 7.13. The van der Waals surface area contributed by atoms with E-state index in [2.05, 4.69) is 48.7 Å². The van der Waals surface area contributed by atoms with Gasteiger partial charge in [-0.3, -0.25) is 9.59 Å². The number of aromatic nitrogens is 1. The topological polar surface area (TPSA) is 83.6 Å². The number of rotatable bonds is 7. The molecule has 184 valence electrons. The first-order valence-electron chi connectivity index (χ1n) is 11.9. The van der Waals surface area contributed by atoms with Crippen LogP contribution in [0.4, 0.5) is 0 Å². The highest BCUT2D eigenvalue weighted by Crippen LogP contribution is 2.30. The van der Waals surface area contributed by atoms with E-state index in [1.807, 2.05) is 42.5 Å². The van der Waals surface area contributed by atoms with Crippen molar-refractivity contribution in [1.29, 1.82) is 0 Å².